The Bertz CT molecular complexity index is 378. The van der Waals surface area contributed by atoms with E-state index in [4.69, 9.17) is 5.26 Å². The minimum absolute atomic E-state index is 0.0193. The van der Waals surface area contributed by atoms with E-state index in [0.29, 0.717) is 6.04 Å². The van der Waals surface area contributed by atoms with Crippen molar-refractivity contribution in [1.82, 2.24) is 4.98 Å². The molecule has 2 heterocycles. The summed E-state index contributed by atoms with van der Waals surface area (Å²) < 4.78 is 0. The summed E-state index contributed by atoms with van der Waals surface area (Å²) in [6.07, 6.45) is 4.45. The summed E-state index contributed by atoms with van der Waals surface area (Å²) in [5.41, 5.74) is 2.36. The average Bonchev–Trinajstić information content (AvgIpc) is 2.55. The second kappa shape index (κ2) is 3.30. The Morgan fingerprint density at radius 3 is 3.07 bits per heavy atom. The summed E-state index contributed by atoms with van der Waals surface area (Å²) in [7, 11) is 0. The zero-order valence-electron chi connectivity index (χ0n) is 8.44. The highest BCUT2D eigenvalue weighted by atomic mass is 15.2. The lowest BCUT2D eigenvalue weighted by molar-refractivity contribution is 0.649. The standard InChI is InChI=1S/C11H13N3/c1-8(2)14-10(6-12)5-9-7-13-4-3-11(9)14/h3-4,7-8,10H,5H2,1-2H3. The van der Waals surface area contributed by atoms with E-state index in [1.807, 2.05) is 12.3 Å². The third kappa shape index (κ3) is 1.24. The quantitative estimate of drug-likeness (QED) is 0.672. The van der Waals surface area contributed by atoms with Crippen molar-refractivity contribution in [2.45, 2.75) is 32.4 Å². The van der Waals surface area contributed by atoms with Crippen LogP contribution in [0, 0.1) is 11.3 Å². The number of aromatic nitrogens is 1. The van der Waals surface area contributed by atoms with E-state index in [2.05, 4.69) is 29.8 Å². The topological polar surface area (TPSA) is 39.9 Å². The number of rotatable bonds is 1. The van der Waals surface area contributed by atoms with Gasteiger partial charge >= 0.3 is 0 Å². The van der Waals surface area contributed by atoms with Crippen LogP contribution in [0.1, 0.15) is 19.4 Å². The van der Waals surface area contributed by atoms with Crippen LogP contribution >= 0.6 is 0 Å². The molecule has 0 fully saturated rings. The van der Waals surface area contributed by atoms with E-state index >= 15 is 0 Å². The van der Waals surface area contributed by atoms with Gasteiger partial charge in [0.15, 0.2) is 0 Å². The molecular formula is C11H13N3. The highest BCUT2D eigenvalue weighted by Crippen LogP contribution is 2.32. The minimum atomic E-state index is -0.0193. The van der Waals surface area contributed by atoms with Gasteiger partial charge < -0.3 is 4.90 Å². The van der Waals surface area contributed by atoms with Crippen molar-refractivity contribution in [2.75, 3.05) is 4.90 Å². The molecular weight excluding hydrogens is 174 g/mol. The number of hydrogen-bond acceptors (Lipinski definition) is 3. The molecule has 1 aromatic rings. The molecule has 2 rings (SSSR count). The van der Waals surface area contributed by atoms with Gasteiger partial charge in [0, 0.05) is 30.5 Å². The van der Waals surface area contributed by atoms with Gasteiger partial charge in [-0.2, -0.15) is 5.26 Å². The zero-order chi connectivity index (χ0) is 10.1. The molecule has 1 atom stereocenters. The maximum absolute atomic E-state index is 9.05. The first-order chi connectivity index (χ1) is 6.74. The van der Waals surface area contributed by atoms with Gasteiger partial charge in [-0.3, -0.25) is 4.98 Å². The molecule has 3 nitrogen and oxygen atoms in total. The monoisotopic (exact) mass is 187 g/mol. The van der Waals surface area contributed by atoms with E-state index in [1.165, 1.54) is 11.3 Å². The molecule has 1 unspecified atom stereocenters. The predicted molar refractivity (Wildman–Crippen MR) is 55.0 cm³/mol. The van der Waals surface area contributed by atoms with E-state index in [-0.39, 0.29) is 6.04 Å². The Morgan fingerprint density at radius 2 is 2.43 bits per heavy atom. The number of pyridine rings is 1. The van der Waals surface area contributed by atoms with Gasteiger partial charge in [0.1, 0.15) is 6.04 Å². The minimum Gasteiger partial charge on any atom is -0.353 e. The van der Waals surface area contributed by atoms with Gasteiger partial charge in [-0.15, -0.1) is 0 Å². The summed E-state index contributed by atoms with van der Waals surface area (Å²) in [5, 5.41) is 9.05. The van der Waals surface area contributed by atoms with Crippen LogP contribution in [0.3, 0.4) is 0 Å². The van der Waals surface area contributed by atoms with Crippen LogP contribution in [-0.2, 0) is 6.42 Å². The highest BCUT2D eigenvalue weighted by Gasteiger charge is 2.30. The summed E-state index contributed by atoms with van der Waals surface area (Å²) in [6, 6.07) is 4.68. The smallest absolute Gasteiger partial charge is 0.121 e. The maximum atomic E-state index is 9.05. The largest absolute Gasteiger partial charge is 0.353 e. The molecule has 0 radical (unpaired) electrons. The molecule has 72 valence electrons. The summed E-state index contributed by atoms with van der Waals surface area (Å²) in [6.45, 7) is 4.22. The third-order valence-electron chi connectivity index (χ3n) is 2.61. The van der Waals surface area contributed by atoms with E-state index in [1.54, 1.807) is 6.20 Å². The second-order valence-electron chi connectivity index (χ2n) is 3.85. The van der Waals surface area contributed by atoms with Crippen molar-refractivity contribution in [1.29, 1.82) is 5.26 Å². The summed E-state index contributed by atoms with van der Waals surface area (Å²) >= 11 is 0. The van der Waals surface area contributed by atoms with Crippen molar-refractivity contribution >= 4 is 5.69 Å². The van der Waals surface area contributed by atoms with Gasteiger partial charge in [-0.25, -0.2) is 0 Å². The number of nitrogens with zero attached hydrogens (tertiary/aromatic N) is 3. The molecule has 1 aliphatic rings. The number of nitriles is 1. The van der Waals surface area contributed by atoms with Gasteiger partial charge in [0.25, 0.3) is 0 Å². The number of fused-ring (bicyclic) bond motifs is 1. The van der Waals surface area contributed by atoms with Crippen molar-refractivity contribution in [3.05, 3.63) is 24.0 Å². The Kier molecular flexibility index (Phi) is 2.12. The van der Waals surface area contributed by atoms with Crippen LogP contribution in [-0.4, -0.2) is 17.1 Å². The molecule has 0 N–H and O–H groups in total. The molecule has 0 amide bonds. The molecule has 0 spiro atoms. The molecule has 0 aliphatic carbocycles. The first kappa shape index (κ1) is 9.01. The summed E-state index contributed by atoms with van der Waals surface area (Å²) in [5.74, 6) is 0. The van der Waals surface area contributed by atoms with Crippen molar-refractivity contribution < 1.29 is 0 Å². The summed E-state index contributed by atoms with van der Waals surface area (Å²) in [4.78, 5) is 6.25. The first-order valence-electron chi connectivity index (χ1n) is 4.85. The van der Waals surface area contributed by atoms with E-state index in [0.717, 1.165) is 6.42 Å². The van der Waals surface area contributed by atoms with Gasteiger partial charge in [-0.1, -0.05) is 0 Å². The molecule has 3 heteroatoms. The molecule has 14 heavy (non-hydrogen) atoms. The fraction of sp³-hybridized carbons (Fsp3) is 0.455. The molecule has 0 aromatic carbocycles. The lowest BCUT2D eigenvalue weighted by Crippen LogP contribution is -2.36. The Balaban J connectivity index is 2.43. The van der Waals surface area contributed by atoms with Crippen LogP contribution in [0.5, 0.6) is 0 Å². The van der Waals surface area contributed by atoms with Gasteiger partial charge in [0.05, 0.1) is 6.07 Å². The Labute approximate surface area is 84.0 Å². The number of anilines is 1. The predicted octanol–water partition coefficient (Wildman–Crippen LogP) is 1.74. The maximum Gasteiger partial charge on any atom is 0.121 e. The van der Waals surface area contributed by atoms with Crippen LogP contribution in [0.25, 0.3) is 0 Å². The molecule has 1 aliphatic heterocycles. The lowest BCUT2D eigenvalue weighted by atomic mass is 10.2. The first-order valence-corrected chi connectivity index (χ1v) is 4.85. The third-order valence-corrected chi connectivity index (χ3v) is 2.61. The Hall–Kier alpha value is -1.56. The number of hydrogen-bond donors (Lipinski definition) is 0. The normalized spacial score (nSPS) is 19.6. The van der Waals surface area contributed by atoms with Crippen molar-refractivity contribution in [3.63, 3.8) is 0 Å². The molecule has 0 bridgehead atoms. The fourth-order valence-corrected chi connectivity index (χ4v) is 2.05. The van der Waals surface area contributed by atoms with Crippen LogP contribution in [0.4, 0.5) is 5.69 Å². The fourth-order valence-electron chi connectivity index (χ4n) is 2.05. The van der Waals surface area contributed by atoms with Gasteiger partial charge in [-0.05, 0) is 25.5 Å². The van der Waals surface area contributed by atoms with E-state index < -0.39 is 0 Å². The SMILES string of the molecule is CC(C)N1c2ccncc2CC1C#N. The van der Waals surface area contributed by atoms with Crippen LogP contribution in [0.2, 0.25) is 0 Å². The van der Waals surface area contributed by atoms with Crippen LogP contribution in [0.15, 0.2) is 18.5 Å². The van der Waals surface area contributed by atoms with Gasteiger partial charge in [0.2, 0.25) is 0 Å². The highest BCUT2D eigenvalue weighted by molar-refractivity contribution is 5.60. The van der Waals surface area contributed by atoms with Crippen LogP contribution < -0.4 is 4.90 Å². The Morgan fingerprint density at radius 1 is 1.64 bits per heavy atom. The van der Waals surface area contributed by atoms with Crippen molar-refractivity contribution in [3.8, 4) is 6.07 Å². The van der Waals surface area contributed by atoms with Crippen molar-refractivity contribution in [2.24, 2.45) is 0 Å². The zero-order valence-corrected chi connectivity index (χ0v) is 8.44. The molecule has 0 saturated carbocycles. The average molecular weight is 187 g/mol. The molecule has 1 aromatic heterocycles. The lowest BCUT2D eigenvalue weighted by Gasteiger charge is -2.27. The van der Waals surface area contributed by atoms with E-state index in [9.17, 15) is 0 Å². The second-order valence-corrected chi connectivity index (χ2v) is 3.85. The molecule has 0 saturated heterocycles.